The van der Waals surface area contributed by atoms with Gasteiger partial charge in [-0.25, -0.2) is 0 Å². The molecule has 0 heterocycles. The summed E-state index contributed by atoms with van der Waals surface area (Å²) in [6.45, 7) is 2.41. The van der Waals surface area contributed by atoms with Crippen molar-refractivity contribution in [3.05, 3.63) is 65.2 Å². The van der Waals surface area contributed by atoms with Gasteiger partial charge in [-0.15, -0.1) is 0 Å². The van der Waals surface area contributed by atoms with E-state index in [1.807, 2.05) is 48.5 Å². The monoisotopic (exact) mass is 343 g/mol. The number of carbonyl (C=O) groups excluding carboxylic acids is 1. The fraction of sp³-hybridized carbons (Fsp3) is 0.350. The molecule has 2 N–H and O–H groups in total. The average Bonchev–Trinajstić information content (AvgIpc) is 2.62. The van der Waals surface area contributed by atoms with Gasteiger partial charge in [0, 0.05) is 13.2 Å². The molecule has 2 aromatic rings. The van der Waals surface area contributed by atoms with Crippen LogP contribution in [-0.2, 0) is 27.1 Å². The van der Waals surface area contributed by atoms with E-state index in [9.17, 15) is 4.79 Å². The third kappa shape index (κ3) is 6.21. The van der Waals surface area contributed by atoms with Gasteiger partial charge in [0.15, 0.2) is 6.79 Å². The highest BCUT2D eigenvalue weighted by atomic mass is 16.7. The lowest BCUT2D eigenvalue weighted by atomic mass is 9.98. The summed E-state index contributed by atoms with van der Waals surface area (Å²) < 4.78 is 15.3. The van der Waals surface area contributed by atoms with Gasteiger partial charge in [-0.1, -0.05) is 36.4 Å². The molecule has 0 radical (unpaired) electrons. The fourth-order valence-electron chi connectivity index (χ4n) is 2.51. The average molecular weight is 343 g/mol. The molecule has 1 unspecified atom stereocenters. The van der Waals surface area contributed by atoms with Crippen molar-refractivity contribution >= 4 is 5.97 Å². The Hall–Kier alpha value is -2.37. The predicted octanol–water partition coefficient (Wildman–Crippen LogP) is 3.02. The molecule has 1 atom stereocenters. The van der Waals surface area contributed by atoms with Crippen molar-refractivity contribution in [1.82, 2.24) is 0 Å². The molecule has 0 saturated heterocycles. The number of carbonyl (C=O) groups is 1. The zero-order valence-corrected chi connectivity index (χ0v) is 14.7. The number of nitrogens with two attached hydrogens (primary N) is 1. The standard InChI is InChI=1S/C20H25NO4/c1-3-24-20(22)12-16-9-7-15(8-10-16)11-19(21)17-5-4-6-18(13-17)25-14-23-2/h4-10,13,19H,3,11-12,14,21H2,1-2H3. The van der Waals surface area contributed by atoms with E-state index < -0.39 is 0 Å². The van der Waals surface area contributed by atoms with Crippen LogP contribution >= 0.6 is 0 Å². The molecule has 0 amide bonds. The van der Waals surface area contributed by atoms with Crippen molar-refractivity contribution in [3.8, 4) is 5.75 Å². The number of ether oxygens (including phenoxy) is 3. The van der Waals surface area contributed by atoms with Crippen LogP contribution in [0.3, 0.4) is 0 Å². The summed E-state index contributed by atoms with van der Waals surface area (Å²) in [5.41, 5.74) is 9.38. The van der Waals surface area contributed by atoms with Gasteiger partial charge in [0.25, 0.3) is 0 Å². The number of esters is 1. The van der Waals surface area contributed by atoms with Crippen LogP contribution in [0.25, 0.3) is 0 Å². The molecule has 2 rings (SSSR count). The highest BCUT2D eigenvalue weighted by Gasteiger charge is 2.09. The maximum Gasteiger partial charge on any atom is 0.310 e. The fourth-order valence-corrected chi connectivity index (χ4v) is 2.51. The van der Waals surface area contributed by atoms with Gasteiger partial charge >= 0.3 is 5.97 Å². The van der Waals surface area contributed by atoms with E-state index in [2.05, 4.69) is 0 Å². The van der Waals surface area contributed by atoms with Crippen LogP contribution in [0, 0.1) is 0 Å². The van der Waals surface area contributed by atoms with Crippen LogP contribution in [0.5, 0.6) is 5.75 Å². The van der Waals surface area contributed by atoms with Crippen molar-refractivity contribution in [1.29, 1.82) is 0 Å². The second kappa shape index (κ2) is 9.81. The van der Waals surface area contributed by atoms with Crippen molar-refractivity contribution in [3.63, 3.8) is 0 Å². The first-order valence-electron chi connectivity index (χ1n) is 8.33. The minimum atomic E-state index is -0.208. The van der Waals surface area contributed by atoms with Gasteiger partial charge < -0.3 is 19.9 Å². The van der Waals surface area contributed by atoms with E-state index in [0.717, 1.165) is 22.4 Å². The molecule has 134 valence electrons. The molecular weight excluding hydrogens is 318 g/mol. The first kappa shape index (κ1) is 19.0. The maximum atomic E-state index is 11.5. The van der Waals surface area contributed by atoms with E-state index in [-0.39, 0.29) is 18.8 Å². The minimum Gasteiger partial charge on any atom is -0.468 e. The SMILES string of the molecule is CCOC(=O)Cc1ccc(CC(N)c2cccc(OCOC)c2)cc1. The van der Waals surface area contributed by atoms with E-state index in [0.29, 0.717) is 19.4 Å². The molecule has 0 aliphatic heterocycles. The van der Waals surface area contributed by atoms with Crippen LogP contribution in [0.15, 0.2) is 48.5 Å². The summed E-state index contributed by atoms with van der Waals surface area (Å²) in [7, 11) is 1.58. The van der Waals surface area contributed by atoms with Crippen molar-refractivity contribution < 1.29 is 19.0 Å². The molecule has 0 aliphatic rings. The third-order valence-corrected chi connectivity index (χ3v) is 3.76. The van der Waals surface area contributed by atoms with Crippen LogP contribution in [0.4, 0.5) is 0 Å². The van der Waals surface area contributed by atoms with Gasteiger partial charge in [-0.3, -0.25) is 4.79 Å². The largest absolute Gasteiger partial charge is 0.468 e. The molecule has 5 heteroatoms. The Kier molecular flexibility index (Phi) is 7.44. The number of benzene rings is 2. The van der Waals surface area contributed by atoms with Gasteiger partial charge in [-0.05, 0) is 42.2 Å². The van der Waals surface area contributed by atoms with Gasteiger partial charge in [0.2, 0.25) is 0 Å². The van der Waals surface area contributed by atoms with Crippen LogP contribution in [0.2, 0.25) is 0 Å². The van der Waals surface area contributed by atoms with E-state index in [1.54, 1.807) is 14.0 Å². The Morgan fingerprint density at radius 3 is 2.52 bits per heavy atom. The zero-order chi connectivity index (χ0) is 18.1. The Morgan fingerprint density at radius 1 is 1.12 bits per heavy atom. The van der Waals surface area contributed by atoms with E-state index in [4.69, 9.17) is 19.9 Å². The summed E-state index contributed by atoms with van der Waals surface area (Å²) in [4.78, 5) is 11.5. The summed E-state index contributed by atoms with van der Waals surface area (Å²) in [5, 5.41) is 0. The molecule has 0 bridgehead atoms. The Balaban J connectivity index is 1.96. The molecule has 0 aliphatic carbocycles. The lowest BCUT2D eigenvalue weighted by Gasteiger charge is -2.14. The van der Waals surface area contributed by atoms with Crippen LogP contribution < -0.4 is 10.5 Å². The van der Waals surface area contributed by atoms with Gasteiger partial charge in [0.05, 0.1) is 13.0 Å². The molecule has 0 saturated carbocycles. The lowest BCUT2D eigenvalue weighted by molar-refractivity contribution is -0.142. The number of rotatable bonds is 9. The van der Waals surface area contributed by atoms with Gasteiger partial charge in [-0.2, -0.15) is 0 Å². The smallest absolute Gasteiger partial charge is 0.310 e. The van der Waals surface area contributed by atoms with Crippen LogP contribution in [-0.4, -0.2) is 26.5 Å². The third-order valence-electron chi connectivity index (χ3n) is 3.76. The highest BCUT2D eigenvalue weighted by Crippen LogP contribution is 2.21. The maximum absolute atomic E-state index is 11.5. The normalized spacial score (nSPS) is 11.8. The lowest BCUT2D eigenvalue weighted by Crippen LogP contribution is -2.13. The number of hydrogen-bond donors (Lipinski definition) is 1. The topological polar surface area (TPSA) is 70.8 Å². The Bertz CT molecular complexity index is 670. The molecule has 25 heavy (non-hydrogen) atoms. The molecule has 5 nitrogen and oxygen atoms in total. The minimum absolute atomic E-state index is 0.137. The summed E-state index contributed by atoms with van der Waals surface area (Å²) in [6, 6.07) is 15.5. The zero-order valence-electron chi connectivity index (χ0n) is 14.7. The Morgan fingerprint density at radius 2 is 1.84 bits per heavy atom. The van der Waals surface area contributed by atoms with Crippen molar-refractivity contribution in [2.24, 2.45) is 5.73 Å². The quantitative estimate of drug-likeness (QED) is 0.560. The van der Waals surface area contributed by atoms with Crippen molar-refractivity contribution in [2.45, 2.75) is 25.8 Å². The number of methoxy groups -OCH3 is 1. The Labute approximate surface area is 148 Å². The van der Waals surface area contributed by atoms with E-state index in [1.165, 1.54) is 0 Å². The first-order valence-corrected chi connectivity index (χ1v) is 8.33. The first-order chi connectivity index (χ1) is 12.1. The highest BCUT2D eigenvalue weighted by molar-refractivity contribution is 5.72. The van der Waals surface area contributed by atoms with Crippen LogP contribution in [0.1, 0.15) is 29.7 Å². The molecular formula is C20H25NO4. The summed E-state index contributed by atoms with van der Waals surface area (Å²) in [5.74, 6) is 0.527. The molecule has 0 fully saturated rings. The molecule has 2 aromatic carbocycles. The van der Waals surface area contributed by atoms with Crippen molar-refractivity contribution in [2.75, 3.05) is 20.5 Å². The van der Waals surface area contributed by atoms with E-state index >= 15 is 0 Å². The summed E-state index contributed by atoms with van der Waals surface area (Å²) >= 11 is 0. The molecule has 0 spiro atoms. The van der Waals surface area contributed by atoms with Gasteiger partial charge in [0.1, 0.15) is 5.75 Å². The summed E-state index contributed by atoms with van der Waals surface area (Å²) in [6.07, 6.45) is 0.993. The predicted molar refractivity (Wildman–Crippen MR) is 96.4 cm³/mol. The second-order valence-corrected chi connectivity index (χ2v) is 5.73. The number of hydrogen-bond acceptors (Lipinski definition) is 5. The molecule has 0 aromatic heterocycles. The second-order valence-electron chi connectivity index (χ2n) is 5.73.